The van der Waals surface area contributed by atoms with Gasteiger partial charge in [0.2, 0.25) is 0 Å². The predicted molar refractivity (Wildman–Crippen MR) is 71.0 cm³/mol. The number of carbonyl (C=O) groups is 1. The zero-order chi connectivity index (χ0) is 12.3. The van der Waals surface area contributed by atoms with E-state index in [0.717, 1.165) is 12.8 Å². The minimum absolute atomic E-state index is 0.00549. The van der Waals surface area contributed by atoms with E-state index in [1.165, 1.54) is 57.8 Å². The SMILES string of the molecule is CCCCCCCCCCCC1CCC(=O)O1. The monoisotopic (exact) mass is 240 g/mol. The molecule has 1 saturated heterocycles. The third-order valence-corrected chi connectivity index (χ3v) is 3.60. The van der Waals surface area contributed by atoms with Crippen molar-refractivity contribution in [3.63, 3.8) is 0 Å². The van der Waals surface area contributed by atoms with Crippen LogP contribution in [-0.2, 0) is 9.53 Å². The first-order valence-electron chi connectivity index (χ1n) is 7.52. The molecule has 0 aromatic heterocycles. The van der Waals surface area contributed by atoms with Gasteiger partial charge < -0.3 is 4.74 Å². The van der Waals surface area contributed by atoms with Crippen LogP contribution >= 0.6 is 0 Å². The average Bonchev–Trinajstić information content (AvgIpc) is 2.73. The van der Waals surface area contributed by atoms with Gasteiger partial charge in [0.15, 0.2) is 0 Å². The lowest BCUT2D eigenvalue weighted by atomic mass is 10.0. The molecule has 0 spiro atoms. The fourth-order valence-corrected chi connectivity index (χ4v) is 2.47. The summed E-state index contributed by atoms with van der Waals surface area (Å²) in [6.07, 6.45) is 15.1. The second kappa shape index (κ2) is 9.49. The van der Waals surface area contributed by atoms with Gasteiger partial charge in [0.1, 0.15) is 6.10 Å². The van der Waals surface area contributed by atoms with Crippen LogP contribution in [-0.4, -0.2) is 12.1 Å². The Kier molecular flexibility index (Phi) is 8.12. The van der Waals surface area contributed by atoms with E-state index >= 15 is 0 Å². The number of ether oxygens (including phenoxy) is 1. The predicted octanol–water partition coefficient (Wildman–Crippen LogP) is 4.61. The van der Waals surface area contributed by atoms with E-state index in [-0.39, 0.29) is 12.1 Å². The molecule has 0 bridgehead atoms. The molecule has 17 heavy (non-hydrogen) atoms. The van der Waals surface area contributed by atoms with Gasteiger partial charge in [-0.1, -0.05) is 58.3 Å². The van der Waals surface area contributed by atoms with Crippen LogP contribution in [0.4, 0.5) is 0 Å². The molecule has 0 amide bonds. The summed E-state index contributed by atoms with van der Waals surface area (Å²) >= 11 is 0. The Morgan fingerprint density at radius 3 is 2.12 bits per heavy atom. The molecule has 2 heteroatoms. The summed E-state index contributed by atoms with van der Waals surface area (Å²) in [5.41, 5.74) is 0. The van der Waals surface area contributed by atoms with Crippen LogP contribution in [0.2, 0.25) is 0 Å². The van der Waals surface area contributed by atoms with Crippen LogP contribution in [0, 0.1) is 0 Å². The highest BCUT2D eigenvalue weighted by molar-refractivity contribution is 5.71. The molecule has 2 nitrogen and oxygen atoms in total. The summed E-state index contributed by atoms with van der Waals surface area (Å²) < 4.78 is 5.19. The zero-order valence-electron chi connectivity index (χ0n) is 11.4. The maximum Gasteiger partial charge on any atom is 0.306 e. The molecule has 1 atom stereocenters. The van der Waals surface area contributed by atoms with Gasteiger partial charge in [0.25, 0.3) is 0 Å². The van der Waals surface area contributed by atoms with E-state index in [2.05, 4.69) is 6.92 Å². The molecule has 100 valence electrons. The average molecular weight is 240 g/mol. The maximum absolute atomic E-state index is 10.9. The van der Waals surface area contributed by atoms with Crippen molar-refractivity contribution >= 4 is 5.97 Å². The summed E-state index contributed by atoms with van der Waals surface area (Å²) in [5, 5.41) is 0. The molecule has 0 aliphatic carbocycles. The lowest BCUT2D eigenvalue weighted by molar-refractivity contribution is -0.141. The van der Waals surface area contributed by atoms with Crippen LogP contribution < -0.4 is 0 Å². The lowest BCUT2D eigenvalue weighted by Crippen LogP contribution is -2.06. The Morgan fingerprint density at radius 2 is 1.59 bits per heavy atom. The molecule has 0 radical (unpaired) electrons. The van der Waals surface area contributed by atoms with Gasteiger partial charge in [-0.2, -0.15) is 0 Å². The Hall–Kier alpha value is -0.530. The van der Waals surface area contributed by atoms with Crippen molar-refractivity contribution in [3.8, 4) is 0 Å². The van der Waals surface area contributed by atoms with E-state index < -0.39 is 0 Å². The van der Waals surface area contributed by atoms with E-state index in [9.17, 15) is 4.79 Å². The van der Waals surface area contributed by atoms with E-state index in [4.69, 9.17) is 4.74 Å². The van der Waals surface area contributed by atoms with Gasteiger partial charge in [-0.05, 0) is 19.3 Å². The summed E-state index contributed by atoms with van der Waals surface area (Å²) in [6.45, 7) is 2.26. The first kappa shape index (κ1) is 14.5. The van der Waals surface area contributed by atoms with E-state index in [1.54, 1.807) is 0 Å². The third kappa shape index (κ3) is 7.40. The first-order chi connectivity index (χ1) is 8.33. The summed E-state index contributed by atoms with van der Waals surface area (Å²) in [7, 11) is 0. The van der Waals surface area contributed by atoms with Gasteiger partial charge in [0, 0.05) is 6.42 Å². The first-order valence-corrected chi connectivity index (χ1v) is 7.52. The summed E-state index contributed by atoms with van der Waals surface area (Å²) in [5.74, 6) is 0.00549. The fourth-order valence-electron chi connectivity index (χ4n) is 2.47. The van der Waals surface area contributed by atoms with Crippen LogP contribution in [0.15, 0.2) is 0 Å². The lowest BCUT2D eigenvalue weighted by Gasteiger charge is -2.08. The van der Waals surface area contributed by atoms with Gasteiger partial charge in [0.05, 0.1) is 0 Å². The Morgan fingerprint density at radius 1 is 1.00 bits per heavy atom. The molecule has 1 aliphatic heterocycles. The number of esters is 1. The number of hydrogen-bond donors (Lipinski definition) is 0. The zero-order valence-corrected chi connectivity index (χ0v) is 11.4. The molecule has 1 heterocycles. The van der Waals surface area contributed by atoms with Gasteiger partial charge >= 0.3 is 5.97 Å². The smallest absolute Gasteiger partial charge is 0.306 e. The fraction of sp³-hybridized carbons (Fsp3) is 0.933. The van der Waals surface area contributed by atoms with Crippen LogP contribution in [0.3, 0.4) is 0 Å². The van der Waals surface area contributed by atoms with Gasteiger partial charge in [-0.3, -0.25) is 4.79 Å². The Balaban J connectivity index is 1.77. The van der Waals surface area contributed by atoms with Crippen molar-refractivity contribution in [1.29, 1.82) is 0 Å². The van der Waals surface area contributed by atoms with Gasteiger partial charge in [-0.15, -0.1) is 0 Å². The topological polar surface area (TPSA) is 26.3 Å². The van der Waals surface area contributed by atoms with Crippen LogP contribution in [0.25, 0.3) is 0 Å². The number of rotatable bonds is 10. The third-order valence-electron chi connectivity index (χ3n) is 3.60. The molecule has 0 saturated carbocycles. The molecule has 1 rings (SSSR count). The second-order valence-electron chi connectivity index (χ2n) is 5.27. The molecule has 0 aromatic rings. The van der Waals surface area contributed by atoms with Crippen molar-refractivity contribution in [3.05, 3.63) is 0 Å². The molecule has 1 fully saturated rings. The quantitative estimate of drug-likeness (QED) is 0.411. The highest BCUT2D eigenvalue weighted by Crippen LogP contribution is 2.20. The second-order valence-corrected chi connectivity index (χ2v) is 5.27. The minimum atomic E-state index is 0.00549. The molecule has 1 aliphatic rings. The molecule has 0 N–H and O–H groups in total. The van der Waals surface area contributed by atoms with Crippen molar-refractivity contribution in [2.75, 3.05) is 0 Å². The van der Waals surface area contributed by atoms with Crippen molar-refractivity contribution in [1.82, 2.24) is 0 Å². The molecular formula is C15H28O2. The van der Waals surface area contributed by atoms with E-state index in [1.807, 2.05) is 0 Å². The Labute approximate surface area is 106 Å². The van der Waals surface area contributed by atoms with Crippen LogP contribution in [0.1, 0.15) is 84.0 Å². The van der Waals surface area contributed by atoms with E-state index in [0.29, 0.717) is 6.42 Å². The van der Waals surface area contributed by atoms with Crippen LogP contribution in [0.5, 0.6) is 0 Å². The number of carbonyl (C=O) groups excluding carboxylic acids is 1. The number of hydrogen-bond acceptors (Lipinski definition) is 2. The molecular weight excluding hydrogens is 212 g/mol. The largest absolute Gasteiger partial charge is 0.462 e. The normalized spacial score (nSPS) is 19.6. The number of cyclic esters (lactones) is 1. The Bertz CT molecular complexity index is 201. The maximum atomic E-state index is 10.9. The molecule has 1 unspecified atom stereocenters. The van der Waals surface area contributed by atoms with Crippen molar-refractivity contribution in [2.24, 2.45) is 0 Å². The minimum Gasteiger partial charge on any atom is -0.462 e. The summed E-state index contributed by atoms with van der Waals surface area (Å²) in [6, 6.07) is 0. The standard InChI is InChI=1S/C15H28O2/c1-2-3-4-5-6-7-8-9-10-11-14-12-13-15(16)17-14/h14H,2-13H2,1H3. The highest BCUT2D eigenvalue weighted by atomic mass is 16.5. The summed E-state index contributed by atoms with van der Waals surface area (Å²) in [4.78, 5) is 10.9. The molecule has 0 aromatic carbocycles. The van der Waals surface area contributed by atoms with Crippen molar-refractivity contribution < 1.29 is 9.53 Å². The number of unbranched alkanes of at least 4 members (excludes halogenated alkanes) is 8. The van der Waals surface area contributed by atoms with Crippen molar-refractivity contribution in [2.45, 2.75) is 90.1 Å². The van der Waals surface area contributed by atoms with Gasteiger partial charge in [-0.25, -0.2) is 0 Å². The highest BCUT2D eigenvalue weighted by Gasteiger charge is 2.22.